The fourth-order valence-corrected chi connectivity index (χ4v) is 6.37. The largest absolute Gasteiger partial charge is 0.508 e. The molecule has 3 atom stereocenters. The van der Waals surface area contributed by atoms with Crippen LogP contribution < -0.4 is 5.32 Å². The third-order valence-electron chi connectivity index (χ3n) is 7.53. The van der Waals surface area contributed by atoms with Crippen LogP contribution in [0, 0.1) is 6.92 Å². The molecule has 0 aromatic heterocycles. The van der Waals surface area contributed by atoms with Crippen LogP contribution in [-0.2, 0) is 16.0 Å². The molecule has 4 rings (SSSR count). The van der Waals surface area contributed by atoms with Gasteiger partial charge in [0.2, 0.25) is 5.91 Å². The van der Waals surface area contributed by atoms with E-state index >= 15 is 0 Å². The summed E-state index contributed by atoms with van der Waals surface area (Å²) in [7, 11) is 0. The van der Waals surface area contributed by atoms with E-state index in [4.69, 9.17) is 0 Å². The lowest BCUT2D eigenvalue weighted by atomic mass is 9.96. The highest BCUT2D eigenvalue weighted by Crippen LogP contribution is 2.41. The molecule has 9 heteroatoms. The van der Waals surface area contributed by atoms with Gasteiger partial charge in [-0.2, -0.15) is 0 Å². The van der Waals surface area contributed by atoms with Gasteiger partial charge in [0.1, 0.15) is 11.8 Å². The summed E-state index contributed by atoms with van der Waals surface area (Å²) < 4.78 is -0.513. The molecule has 2 heterocycles. The summed E-state index contributed by atoms with van der Waals surface area (Å²) in [6.07, 6.45) is 1.63. The number of benzene rings is 2. The van der Waals surface area contributed by atoms with E-state index in [0.717, 1.165) is 24.8 Å². The Hall–Kier alpha value is -3.04. The standard InChI is InChI=1S/C29H37N3O5S/c1-19-21(13-10-14-23(19)33)26(35)30-22(17-20-11-6-4-7-12-20)24(34)27(36)32-18-38-29(2,3)25(32)28(37)31-15-8-5-9-16-31/h4,6-7,10-14,22,24-25,33-34H,5,8-9,15-18H2,1-3H3,(H,30,35)/t22-,24-,25-/m0/s1. The van der Waals surface area contributed by atoms with Gasteiger partial charge in [0.15, 0.2) is 6.10 Å². The van der Waals surface area contributed by atoms with Crippen LogP contribution in [0.25, 0.3) is 0 Å². The van der Waals surface area contributed by atoms with Crippen LogP contribution in [0.1, 0.15) is 54.6 Å². The van der Waals surface area contributed by atoms with Crippen LogP contribution in [-0.4, -0.2) is 79.6 Å². The Kier molecular flexibility index (Phi) is 8.67. The quantitative estimate of drug-likeness (QED) is 0.499. The molecule has 3 N–H and O–H groups in total. The predicted molar refractivity (Wildman–Crippen MR) is 148 cm³/mol. The van der Waals surface area contributed by atoms with E-state index in [0.29, 0.717) is 18.7 Å². The van der Waals surface area contributed by atoms with Gasteiger partial charge in [0.25, 0.3) is 11.8 Å². The first-order valence-electron chi connectivity index (χ1n) is 13.1. The maximum absolute atomic E-state index is 13.8. The fourth-order valence-electron chi connectivity index (χ4n) is 5.24. The zero-order valence-electron chi connectivity index (χ0n) is 22.2. The second-order valence-corrected chi connectivity index (χ2v) is 12.2. The molecule has 8 nitrogen and oxygen atoms in total. The van der Waals surface area contributed by atoms with Crippen molar-refractivity contribution in [2.45, 2.75) is 69.4 Å². The smallest absolute Gasteiger partial charge is 0.254 e. The van der Waals surface area contributed by atoms with Crippen molar-refractivity contribution in [1.82, 2.24) is 15.1 Å². The highest BCUT2D eigenvalue weighted by Gasteiger charge is 2.51. The predicted octanol–water partition coefficient (Wildman–Crippen LogP) is 3.10. The molecular weight excluding hydrogens is 502 g/mol. The number of nitrogens with zero attached hydrogens (tertiary/aromatic N) is 2. The van der Waals surface area contributed by atoms with Gasteiger partial charge in [-0.15, -0.1) is 11.8 Å². The zero-order chi connectivity index (χ0) is 27.4. The minimum Gasteiger partial charge on any atom is -0.508 e. The van der Waals surface area contributed by atoms with E-state index in [-0.39, 0.29) is 29.5 Å². The first-order valence-corrected chi connectivity index (χ1v) is 14.1. The van der Waals surface area contributed by atoms with Crippen molar-refractivity contribution in [3.63, 3.8) is 0 Å². The van der Waals surface area contributed by atoms with E-state index < -0.39 is 34.7 Å². The molecule has 0 unspecified atom stereocenters. The lowest BCUT2D eigenvalue weighted by Crippen LogP contribution is -2.59. The van der Waals surface area contributed by atoms with Gasteiger partial charge >= 0.3 is 0 Å². The van der Waals surface area contributed by atoms with Gasteiger partial charge in [0.05, 0.1) is 11.9 Å². The van der Waals surface area contributed by atoms with Crippen molar-refractivity contribution in [2.24, 2.45) is 0 Å². The molecule has 38 heavy (non-hydrogen) atoms. The molecule has 2 fully saturated rings. The Morgan fingerprint density at radius 3 is 2.42 bits per heavy atom. The molecule has 2 saturated heterocycles. The van der Waals surface area contributed by atoms with Crippen molar-refractivity contribution < 1.29 is 24.6 Å². The molecule has 0 radical (unpaired) electrons. The minimum absolute atomic E-state index is 0.00993. The summed E-state index contributed by atoms with van der Waals surface area (Å²) in [5, 5.41) is 24.3. The van der Waals surface area contributed by atoms with Gasteiger partial charge in [-0.1, -0.05) is 36.4 Å². The number of carbonyl (C=O) groups is 3. The average Bonchev–Trinajstić information content (AvgIpc) is 3.24. The summed E-state index contributed by atoms with van der Waals surface area (Å²) in [5.74, 6) is -0.885. The van der Waals surface area contributed by atoms with Gasteiger partial charge in [0, 0.05) is 29.0 Å². The number of phenolic OH excluding ortho intramolecular Hbond substituents is 1. The molecule has 2 aliphatic rings. The molecule has 0 spiro atoms. The van der Waals surface area contributed by atoms with Crippen molar-refractivity contribution in [1.29, 1.82) is 0 Å². The van der Waals surface area contributed by atoms with Crippen LogP contribution in [0.15, 0.2) is 48.5 Å². The normalized spacial score (nSPS) is 20.6. The van der Waals surface area contributed by atoms with Crippen LogP contribution in [0.5, 0.6) is 5.75 Å². The Balaban J connectivity index is 1.59. The van der Waals surface area contributed by atoms with Crippen molar-refractivity contribution >= 4 is 29.5 Å². The number of phenols is 1. The third kappa shape index (κ3) is 5.99. The topological polar surface area (TPSA) is 110 Å². The summed E-state index contributed by atoms with van der Waals surface area (Å²) in [6.45, 7) is 6.90. The second kappa shape index (κ2) is 11.8. The monoisotopic (exact) mass is 539 g/mol. The lowest BCUT2D eigenvalue weighted by molar-refractivity contribution is -0.151. The van der Waals surface area contributed by atoms with Crippen LogP contribution >= 0.6 is 11.8 Å². The summed E-state index contributed by atoms with van der Waals surface area (Å²) in [4.78, 5) is 43.9. The van der Waals surface area contributed by atoms with Gasteiger partial charge in [-0.05, 0) is 64.2 Å². The number of hydrogen-bond donors (Lipinski definition) is 3. The molecular formula is C29H37N3O5S. The van der Waals surface area contributed by atoms with Crippen molar-refractivity contribution in [3.05, 3.63) is 65.2 Å². The number of thioether (sulfide) groups is 1. The molecule has 2 aromatic rings. The number of rotatable bonds is 7. The molecule has 0 bridgehead atoms. The van der Waals surface area contributed by atoms with Crippen molar-refractivity contribution in [3.8, 4) is 5.75 Å². The third-order valence-corrected chi connectivity index (χ3v) is 8.90. The second-order valence-electron chi connectivity index (χ2n) is 10.6. The zero-order valence-corrected chi connectivity index (χ0v) is 23.0. The highest BCUT2D eigenvalue weighted by molar-refractivity contribution is 8.00. The molecule has 0 saturated carbocycles. The van der Waals surface area contributed by atoms with E-state index in [2.05, 4.69) is 5.32 Å². The number of aromatic hydroxyl groups is 1. The highest BCUT2D eigenvalue weighted by atomic mass is 32.2. The first kappa shape index (κ1) is 28.0. The average molecular weight is 540 g/mol. The molecule has 2 aliphatic heterocycles. The lowest BCUT2D eigenvalue weighted by Gasteiger charge is -2.37. The maximum Gasteiger partial charge on any atom is 0.254 e. The maximum atomic E-state index is 13.8. The number of nitrogens with one attached hydrogen (secondary N) is 1. The number of aliphatic hydroxyl groups is 1. The number of likely N-dealkylation sites (tertiary alicyclic amines) is 1. The van der Waals surface area contributed by atoms with E-state index in [9.17, 15) is 24.6 Å². The van der Waals surface area contributed by atoms with Crippen LogP contribution in [0.3, 0.4) is 0 Å². The van der Waals surface area contributed by atoms with Crippen LogP contribution in [0.4, 0.5) is 0 Å². The molecule has 0 aliphatic carbocycles. The fraction of sp³-hybridized carbons (Fsp3) is 0.483. The van der Waals surface area contributed by atoms with E-state index in [1.54, 1.807) is 19.1 Å². The molecule has 204 valence electrons. The Labute approximate surface area is 228 Å². The summed E-state index contributed by atoms with van der Waals surface area (Å²) in [6, 6.07) is 12.3. The number of aliphatic hydroxyl groups excluding tert-OH is 1. The minimum atomic E-state index is -1.57. The van der Waals surface area contributed by atoms with Crippen LogP contribution in [0.2, 0.25) is 0 Å². The first-order chi connectivity index (χ1) is 18.1. The SMILES string of the molecule is Cc1c(O)cccc1C(=O)N[C@@H](Cc1ccccc1)[C@H](O)C(=O)N1CSC(C)(C)[C@@H]1C(=O)N1CCCCC1. The molecule has 3 amide bonds. The number of hydrogen-bond acceptors (Lipinski definition) is 6. The van der Waals surface area contributed by atoms with Gasteiger partial charge in [-0.25, -0.2) is 0 Å². The number of carbonyl (C=O) groups excluding carboxylic acids is 3. The number of amides is 3. The summed E-state index contributed by atoms with van der Waals surface area (Å²) in [5.41, 5.74) is 1.52. The van der Waals surface area contributed by atoms with Gasteiger partial charge in [-0.3, -0.25) is 14.4 Å². The van der Waals surface area contributed by atoms with E-state index in [1.165, 1.54) is 22.7 Å². The number of piperidine rings is 1. The molecule has 2 aromatic carbocycles. The van der Waals surface area contributed by atoms with E-state index in [1.807, 2.05) is 49.1 Å². The van der Waals surface area contributed by atoms with Crippen molar-refractivity contribution in [2.75, 3.05) is 19.0 Å². The Morgan fingerprint density at radius 1 is 1.05 bits per heavy atom. The summed E-state index contributed by atoms with van der Waals surface area (Å²) >= 11 is 1.52. The van der Waals surface area contributed by atoms with Gasteiger partial charge < -0.3 is 25.3 Å². The Bertz CT molecular complexity index is 1170. The Morgan fingerprint density at radius 2 is 1.74 bits per heavy atom.